The predicted molar refractivity (Wildman–Crippen MR) is 50.0 cm³/mol. The third kappa shape index (κ3) is 3.32. The number of amides is 1. The highest BCUT2D eigenvalue weighted by atomic mass is 16.3. The number of β-amino-alcohol motifs (C(OH)–C–C–N with tert-alkyl or cyclic N) is 1. The minimum absolute atomic E-state index is 0.0208. The van der Waals surface area contributed by atoms with Crippen molar-refractivity contribution in [3.63, 3.8) is 0 Å². The fourth-order valence-corrected chi connectivity index (χ4v) is 1.83. The highest BCUT2D eigenvalue weighted by Crippen LogP contribution is 2.15. The molecule has 0 aliphatic carbocycles. The molecule has 4 heteroatoms. The van der Waals surface area contributed by atoms with Crippen LogP contribution in [0.2, 0.25) is 0 Å². The van der Waals surface area contributed by atoms with Crippen LogP contribution in [0.3, 0.4) is 0 Å². The minimum atomic E-state index is -0.327. The number of nitrogens with two attached hydrogens (primary N) is 1. The minimum Gasteiger partial charge on any atom is -0.392 e. The van der Waals surface area contributed by atoms with Gasteiger partial charge in [0.25, 0.3) is 0 Å². The first-order chi connectivity index (χ1) is 6.09. The summed E-state index contributed by atoms with van der Waals surface area (Å²) in [5, 5.41) is 9.17. The number of carbonyl (C=O) groups excluding carboxylic acids is 1. The topological polar surface area (TPSA) is 66.6 Å². The molecular formula is C9H18N2O2. The van der Waals surface area contributed by atoms with Crippen molar-refractivity contribution < 1.29 is 9.90 Å². The molecule has 1 fully saturated rings. The Kier molecular flexibility index (Phi) is 3.69. The van der Waals surface area contributed by atoms with Crippen molar-refractivity contribution in [3.8, 4) is 0 Å². The summed E-state index contributed by atoms with van der Waals surface area (Å²) in [6.07, 6.45) is 1.57. The Bertz CT molecular complexity index is 182. The largest absolute Gasteiger partial charge is 0.392 e. The first kappa shape index (κ1) is 10.5. The summed E-state index contributed by atoms with van der Waals surface area (Å²) in [5.41, 5.74) is 5.23. The molecule has 0 saturated carbocycles. The van der Waals surface area contributed by atoms with Crippen molar-refractivity contribution in [1.29, 1.82) is 0 Å². The molecule has 0 aromatic carbocycles. The Balaban J connectivity index is 2.37. The summed E-state index contributed by atoms with van der Waals surface area (Å²) in [4.78, 5) is 13.0. The Labute approximate surface area is 78.7 Å². The van der Waals surface area contributed by atoms with Gasteiger partial charge in [0.15, 0.2) is 0 Å². The van der Waals surface area contributed by atoms with Gasteiger partial charge in [0.05, 0.1) is 12.0 Å². The number of carbonyl (C=O) groups is 1. The number of aliphatic hydroxyl groups is 1. The highest BCUT2D eigenvalue weighted by molar-refractivity contribution is 5.76. The maximum absolute atomic E-state index is 10.9. The summed E-state index contributed by atoms with van der Waals surface area (Å²) in [6, 6.07) is 0. The fourth-order valence-electron chi connectivity index (χ4n) is 1.83. The van der Waals surface area contributed by atoms with Crippen LogP contribution < -0.4 is 5.73 Å². The standard InChI is InChI=1S/C9H18N2O2/c1-7(12)5-11-4-2-3-8(6-11)9(10)13/h7-8,12H,2-6H2,1H3,(H2,10,13). The molecule has 0 spiro atoms. The van der Waals surface area contributed by atoms with Gasteiger partial charge in [0, 0.05) is 13.1 Å². The molecule has 1 heterocycles. The molecule has 1 aliphatic heterocycles. The molecule has 3 N–H and O–H groups in total. The Morgan fingerprint density at radius 1 is 1.77 bits per heavy atom. The van der Waals surface area contributed by atoms with Crippen LogP contribution in [0, 0.1) is 5.92 Å². The number of nitrogens with zero attached hydrogens (tertiary/aromatic N) is 1. The second kappa shape index (κ2) is 4.58. The van der Waals surface area contributed by atoms with Crippen LogP contribution in [0.5, 0.6) is 0 Å². The SMILES string of the molecule is CC(O)CN1CCCC(C(N)=O)C1. The number of aliphatic hydroxyl groups excluding tert-OH is 1. The van der Waals surface area contributed by atoms with Crippen molar-refractivity contribution in [2.45, 2.75) is 25.9 Å². The van der Waals surface area contributed by atoms with Gasteiger partial charge in [-0.2, -0.15) is 0 Å². The van der Waals surface area contributed by atoms with E-state index in [4.69, 9.17) is 5.73 Å². The molecule has 1 saturated heterocycles. The fraction of sp³-hybridized carbons (Fsp3) is 0.889. The molecule has 2 atom stereocenters. The summed E-state index contributed by atoms with van der Waals surface area (Å²) < 4.78 is 0. The van der Waals surface area contributed by atoms with Crippen LogP contribution >= 0.6 is 0 Å². The lowest BCUT2D eigenvalue weighted by molar-refractivity contribution is -0.123. The summed E-state index contributed by atoms with van der Waals surface area (Å²) in [6.45, 7) is 4.08. The number of rotatable bonds is 3. The maximum Gasteiger partial charge on any atom is 0.221 e. The average Bonchev–Trinajstić information content (AvgIpc) is 2.03. The summed E-state index contributed by atoms with van der Waals surface area (Å²) in [7, 11) is 0. The van der Waals surface area contributed by atoms with Crippen molar-refractivity contribution in [2.24, 2.45) is 11.7 Å². The molecule has 1 rings (SSSR count). The van der Waals surface area contributed by atoms with E-state index in [1.165, 1.54) is 0 Å². The van der Waals surface area contributed by atoms with E-state index >= 15 is 0 Å². The van der Waals surface area contributed by atoms with Crippen LogP contribution in [0.4, 0.5) is 0 Å². The van der Waals surface area contributed by atoms with Gasteiger partial charge in [-0.25, -0.2) is 0 Å². The molecule has 76 valence electrons. The second-order valence-corrected chi connectivity index (χ2v) is 3.85. The third-order valence-corrected chi connectivity index (χ3v) is 2.43. The lowest BCUT2D eigenvalue weighted by Gasteiger charge is -2.31. The van der Waals surface area contributed by atoms with Gasteiger partial charge < -0.3 is 10.8 Å². The zero-order chi connectivity index (χ0) is 9.84. The molecule has 13 heavy (non-hydrogen) atoms. The van der Waals surface area contributed by atoms with E-state index in [2.05, 4.69) is 4.90 Å². The van der Waals surface area contributed by atoms with E-state index in [-0.39, 0.29) is 17.9 Å². The number of piperidine rings is 1. The van der Waals surface area contributed by atoms with Gasteiger partial charge in [0.1, 0.15) is 0 Å². The Morgan fingerprint density at radius 3 is 3.00 bits per heavy atom. The van der Waals surface area contributed by atoms with E-state index in [1.54, 1.807) is 6.92 Å². The number of hydrogen-bond donors (Lipinski definition) is 2. The molecule has 4 nitrogen and oxygen atoms in total. The zero-order valence-corrected chi connectivity index (χ0v) is 8.07. The lowest BCUT2D eigenvalue weighted by atomic mass is 9.97. The molecule has 0 aromatic heterocycles. The predicted octanol–water partition coefficient (Wildman–Crippen LogP) is -0.435. The first-order valence-corrected chi connectivity index (χ1v) is 4.79. The van der Waals surface area contributed by atoms with Crippen molar-refractivity contribution in [1.82, 2.24) is 4.90 Å². The van der Waals surface area contributed by atoms with Crippen molar-refractivity contribution in [3.05, 3.63) is 0 Å². The second-order valence-electron chi connectivity index (χ2n) is 3.85. The quantitative estimate of drug-likeness (QED) is 0.628. The number of primary amides is 1. The normalized spacial score (nSPS) is 27.1. The van der Waals surface area contributed by atoms with Crippen molar-refractivity contribution >= 4 is 5.91 Å². The van der Waals surface area contributed by atoms with Gasteiger partial charge in [-0.05, 0) is 26.3 Å². The summed E-state index contributed by atoms with van der Waals surface area (Å²) in [5.74, 6) is -0.234. The van der Waals surface area contributed by atoms with E-state index < -0.39 is 0 Å². The van der Waals surface area contributed by atoms with Gasteiger partial charge >= 0.3 is 0 Å². The van der Waals surface area contributed by atoms with Crippen molar-refractivity contribution in [2.75, 3.05) is 19.6 Å². The van der Waals surface area contributed by atoms with E-state index in [0.29, 0.717) is 13.1 Å². The Morgan fingerprint density at radius 2 is 2.46 bits per heavy atom. The average molecular weight is 186 g/mol. The van der Waals surface area contributed by atoms with E-state index in [1.807, 2.05) is 0 Å². The van der Waals surface area contributed by atoms with Crippen LogP contribution in [0.25, 0.3) is 0 Å². The Hall–Kier alpha value is -0.610. The van der Waals surface area contributed by atoms with Gasteiger partial charge in [-0.15, -0.1) is 0 Å². The van der Waals surface area contributed by atoms with Gasteiger partial charge in [0.2, 0.25) is 5.91 Å². The van der Waals surface area contributed by atoms with Crippen LogP contribution in [-0.2, 0) is 4.79 Å². The van der Waals surface area contributed by atoms with E-state index in [9.17, 15) is 9.90 Å². The molecule has 1 aliphatic rings. The maximum atomic E-state index is 10.9. The molecule has 0 radical (unpaired) electrons. The molecular weight excluding hydrogens is 168 g/mol. The van der Waals surface area contributed by atoms with Gasteiger partial charge in [-0.3, -0.25) is 9.69 Å². The monoisotopic (exact) mass is 186 g/mol. The molecule has 0 bridgehead atoms. The number of likely N-dealkylation sites (tertiary alicyclic amines) is 1. The van der Waals surface area contributed by atoms with Crippen LogP contribution in [0.1, 0.15) is 19.8 Å². The number of hydrogen-bond acceptors (Lipinski definition) is 3. The van der Waals surface area contributed by atoms with Crippen LogP contribution in [-0.4, -0.2) is 41.7 Å². The van der Waals surface area contributed by atoms with E-state index in [0.717, 1.165) is 19.4 Å². The lowest BCUT2D eigenvalue weighted by Crippen LogP contribution is -2.43. The van der Waals surface area contributed by atoms with Crippen LogP contribution in [0.15, 0.2) is 0 Å². The molecule has 0 aromatic rings. The third-order valence-electron chi connectivity index (χ3n) is 2.43. The zero-order valence-electron chi connectivity index (χ0n) is 8.07. The highest BCUT2D eigenvalue weighted by Gasteiger charge is 2.24. The molecule has 1 amide bonds. The first-order valence-electron chi connectivity index (χ1n) is 4.79. The van der Waals surface area contributed by atoms with Gasteiger partial charge in [-0.1, -0.05) is 0 Å². The molecule has 2 unspecified atom stereocenters. The smallest absolute Gasteiger partial charge is 0.221 e. The summed E-state index contributed by atoms with van der Waals surface area (Å²) >= 11 is 0.